The topological polar surface area (TPSA) is 58.4 Å². The Morgan fingerprint density at radius 3 is 2.88 bits per heavy atom. The van der Waals surface area contributed by atoms with Gasteiger partial charge >= 0.3 is 0 Å². The number of nitrogen functional groups attached to an aromatic ring is 1. The van der Waals surface area contributed by atoms with Crippen molar-refractivity contribution in [1.29, 1.82) is 0 Å². The van der Waals surface area contributed by atoms with Gasteiger partial charge in [-0.1, -0.05) is 11.6 Å². The molecule has 0 unspecified atom stereocenters. The van der Waals surface area contributed by atoms with Gasteiger partial charge in [-0.25, -0.2) is 0 Å². The molecule has 5 heteroatoms. The van der Waals surface area contributed by atoms with E-state index in [2.05, 4.69) is 5.32 Å². The molecule has 2 rings (SSSR count). The standard InChI is InChI=1S/C12H16ClN3O/c13-10-6-9(7-11(14)8-10)12(17)16-4-1-2-15-3-5-16/h6-8,15H,1-5,14H2. The van der Waals surface area contributed by atoms with Crippen molar-refractivity contribution in [2.24, 2.45) is 0 Å². The average Bonchev–Trinajstić information content (AvgIpc) is 2.55. The maximum atomic E-state index is 12.2. The second-order valence-electron chi connectivity index (χ2n) is 4.17. The molecule has 1 heterocycles. The summed E-state index contributed by atoms with van der Waals surface area (Å²) in [5.41, 5.74) is 6.78. The van der Waals surface area contributed by atoms with Crippen LogP contribution in [0.5, 0.6) is 0 Å². The van der Waals surface area contributed by atoms with Crippen molar-refractivity contribution in [1.82, 2.24) is 10.2 Å². The fourth-order valence-corrected chi connectivity index (χ4v) is 2.21. The van der Waals surface area contributed by atoms with Gasteiger partial charge in [-0.3, -0.25) is 4.79 Å². The molecule has 1 aliphatic heterocycles. The minimum absolute atomic E-state index is 0.00269. The highest BCUT2D eigenvalue weighted by Gasteiger charge is 2.17. The third kappa shape index (κ3) is 3.11. The molecule has 4 nitrogen and oxygen atoms in total. The number of halogens is 1. The van der Waals surface area contributed by atoms with Gasteiger partial charge in [-0.05, 0) is 31.2 Å². The molecule has 0 bridgehead atoms. The van der Waals surface area contributed by atoms with Crippen LogP contribution in [0.4, 0.5) is 5.69 Å². The van der Waals surface area contributed by atoms with Crippen molar-refractivity contribution in [3.8, 4) is 0 Å². The first-order valence-corrected chi connectivity index (χ1v) is 6.10. The van der Waals surface area contributed by atoms with E-state index in [4.69, 9.17) is 17.3 Å². The molecule has 1 saturated heterocycles. The number of nitrogens with zero attached hydrogens (tertiary/aromatic N) is 1. The average molecular weight is 254 g/mol. The van der Waals surface area contributed by atoms with E-state index < -0.39 is 0 Å². The lowest BCUT2D eigenvalue weighted by atomic mass is 10.1. The first-order chi connectivity index (χ1) is 8.16. The maximum Gasteiger partial charge on any atom is 0.254 e. The van der Waals surface area contributed by atoms with Crippen LogP contribution in [0.25, 0.3) is 0 Å². The van der Waals surface area contributed by atoms with Crippen molar-refractivity contribution >= 4 is 23.2 Å². The zero-order valence-corrected chi connectivity index (χ0v) is 10.3. The Hall–Kier alpha value is -1.26. The number of carbonyl (C=O) groups is 1. The summed E-state index contributed by atoms with van der Waals surface area (Å²) in [6.45, 7) is 3.30. The molecule has 17 heavy (non-hydrogen) atoms. The quantitative estimate of drug-likeness (QED) is 0.743. The second kappa shape index (κ2) is 5.38. The number of benzene rings is 1. The molecule has 3 N–H and O–H groups in total. The summed E-state index contributed by atoms with van der Waals surface area (Å²) in [4.78, 5) is 14.1. The van der Waals surface area contributed by atoms with Crippen LogP contribution in [-0.4, -0.2) is 37.0 Å². The summed E-state index contributed by atoms with van der Waals surface area (Å²) >= 11 is 5.90. The van der Waals surface area contributed by atoms with E-state index in [0.717, 1.165) is 32.6 Å². The fraction of sp³-hybridized carbons (Fsp3) is 0.417. The lowest BCUT2D eigenvalue weighted by Gasteiger charge is -2.20. The Bertz CT molecular complexity index is 394. The van der Waals surface area contributed by atoms with Gasteiger partial charge in [0.15, 0.2) is 0 Å². The summed E-state index contributed by atoms with van der Waals surface area (Å²) in [7, 11) is 0. The number of nitrogens with one attached hydrogen (secondary N) is 1. The molecule has 1 aliphatic rings. The number of rotatable bonds is 1. The SMILES string of the molecule is Nc1cc(Cl)cc(C(=O)N2CCCNCC2)c1. The normalized spacial score (nSPS) is 16.6. The summed E-state index contributed by atoms with van der Waals surface area (Å²) in [5, 5.41) is 3.76. The van der Waals surface area contributed by atoms with Gasteiger partial charge in [0.25, 0.3) is 5.91 Å². The molecular formula is C12H16ClN3O. The smallest absolute Gasteiger partial charge is 0.254 e. The lowest BCUT2D eigenvalue weighted by Crippen LogP contribution is -2.34. The summed E-state index contributed by atoms with van der Waals surface area (Å²) in [5.74, 6) is 0.00269. The van der Waals surface area contributed by atoms with Gasteiger partial charge in [0.2, 0.25) is 0 Å². The van der Waals surface area contributed by atoms with Crippen LogP contribution in [0.15, 0.2) is 18.2 Å². The van der Waals surface area contributed by atoms with Gasteiger partial charge in [-0.2, -0.15) is 0 Å². The van der Waals surface area contributed by atoms with E-state index in [1.807, 2.05) is 4.90 Å². The molecule has 0 radical (unpaired) electrons. The number of amides is 1. The highest BCUT2D eigenvalue weighted by atomic mass is 35.5. The van der Waals surface area contributed by atoms with Gasteiger partial charge in [0, 0.05) is 35.9 Å². The molecule has 0 saturated carbocycles. The summed E-state index contributed by atoms with van der Waals surface area (Å²) in [6, 6.07) is 4.98. The minimum Gasteiger partial charge on any atom is -0.399 e. The van der Waals surface area contributed by atoms with Crippen LogP contribution in [0.2, 0.25) is 5.02 Å². The van der Waals surface area contributed by atoms with Crippen molar-refractivity contribution in [2.75, 3.05) is 31.9 Å². The monoisotopic (exact) mass is 253 g/mol. The van der Waals surface area contributed by atoms with E-state index in [-0.39, 0.29) is 5.91 Å². The van der Waals surface area contributed by atoms with Crippen molar-refractivity contribution in [2.45, 2.75) is 6.42 Å². The van der Waals surface area contributed by atoms with E-state index >= 15 is 0 Å². The Kier molecular flexibility index (Phi) is 3.86. The number of nitrogens with two attached hydrogens (primary N) is 1. The van der Waals surface area contributed by atoms with Crippen LogP contribution < -0.4 is 11.1 Å². The molecule has 0 aliphatic carbocycles. The van der Waals surface area contributed by atoms with Crippen LogP contribution in [0.1, 0.15) is 16.8 Å². The first kappa shape index (κ1) is 12.2. The van der Waals surface area contributed by atoms with Crippen molar-refractivity contribution in [3.63, 3.8) is 0 Å². The molecule has 1 aromatic carbocycles. The molecule has 0 aromatic heterocycles. The predicted molar refractivity (Wildman–Crippen MR) is 69.3 cm³/mol. The van der Waals surface area contributed by atoms with Crippen LogP contribution >= 0.6 is 11.6 Å². The highest BCUT2D eigenvalue weighted by Crippen LogP contribution is 2.18. The molecule has 0 atom stereocenters. The zero-order chi connectivity index (χ0) is 12.3. The summed E-state index contributed by atoms with van der Waals surface area (Å²) in [6.07, 6.45) is 0.974. The largest absolute Gasteiger partial charge is 0.399 e. The van der Waals surface area contributed by atoms with Gasteiger partial charge in [0.1, 0.15) is 0 Å². The Morgan fingerprint density at radius 1 is 1.29 bits per heavy atom. The van der Waals surface area contributed by atoms with E-state index in [1.54, 1.807) is 18.2 Å². The molecular weight excluding hydrogens is 238 g/mol. The Morgan fingerprint density at radius 2 is 2.12 bits per heavy atom. The minimum atomic E-state index is 0.00269. The van der Waals surface area contributed by atoms with Gasteiger partial charge in [0.05, 0.1) is 0 Å². The molecule has 92 valence electrons. The number of anilines is 1. The van der Waals surface area contributed by atoms with Crippen molar-refractivity contribution < 1.29 is 4.79 Å². The lowest BCUT2D eigenvalue weighted by molar-refractivity contribution is 0.0766. The Balaban J connectivity index is 2.17. The van der Waals surface area contributed by atoms with Crippen LogP contribution in [0.3, 0.4) is 0 Å². The molecule has 1 amide bonds. The number of hydrogen-bond acceptors (Lipinski definition) is 3. The maximum absolute atomic E-state index is 12.2. The third-order valence-electron chi connectivity index (χ3n) is 2.79. The number of carbonyl (C=O) groups excluding carboxylic acids is 1. The summed E-state index contributed by atoms with van der Waals surface area (Å²) < 4.78 is 0. The van der Waals surface area contributed by atoms with Gasteiger partial charge < -0.3 is 16.0 Å². The van der Waals surface area contributed by atoms with Crippen molar-refractivity contribution in [3.05, 3.63) is 28.8 Å². The number of hydrogen-bond donors (Lipinski definition) is 2. The third-order valence-corrected chi connectivity index (χ3v) is 3.01. The first-order valence-electron chi connectivity index (χ1n) is 5.73. The predicted octanol–water partition coefficient (Wildman–Crippen LogP) is 1.36. The molecule has 1 fully saturated rings. The fourth-order valence-electron chi connectivity index (χ4n) is 1.97. The van der Waals surface area contributed by atoms with Gasteiger partial charge in [-0.15, -0.1) is 0 Å². The molecule has 1 aromatic rings. The van der Waals surface area contributed by atoms with Crippen LogP contribution in [0, 0.1) is 0 Å². The van der Waals surface area contributed by atoms with Crippen LogP contribution in [-0.2, 0) is 0 Å². The van der Waals surface area contributed by atoms with E-state index in [0.29, 0.717) is 16.3 Å². The molecule has 0 spiro atoms. The van der Waals surface area contributed by atoms with E-state index in [9.17, 15) is 4.79 Å². The Labute approximate surface area is 106 Å². The second-order valence-corrected chi connectivity index (χ2v) is 4.61. The van der Waals surface area contributed by atoms with E-state index in [1.165, 1.54) is 0 Å². The zero-order valence-electron chi connectivity index (χ0n) is 9.58. The highest BCUT2D eigenvalue weighted by molar-refractivity contribution is 6.31.